The molecule has 1 N–H and O–H groups in total. The van der Waals surface area contributed by atoms with Gasteiger partial charge in [-0.15, -0.1) is 10.2 Å². The Bertz CT molecular complexity index is 813. The molecule has 8 heteroatoms. The molecular formula is C16H18N6OS. The van der Waals surface area contributed by atoms with Crippen LogP contribution < -0.4 is 5.32 Å². The summed E-state index contributed by atoms with van der Waals surface area (Å²) in [7, 11) is 3.95. The summed E-state index contributed by atoms with van der Waals surface area (Å²) in [5.74, 6) is 0.737. The van der Waals surface area contributed by atoms with Crippen LogP contribution in [0.25, 0.3) is 0 Å². The second-order valence-corrected chi connectivity index (χ2v) is 6.51. The van der Waals surface area contributed by atoms with Crippen LogP contribution >= 0.6 is 11.3 Å². The Kier molecular flexibility index (Phi) is 4.97. The number of aromatic nitrogens is 4. The summed E-state index contributed by atoms with van der Waals surface area (Å²) in [6.45, 7) is 1.32. The van der Waals surface area contributed by atoms with E-state index in [0.29, 0.717) is 18.1 Å². The van der Waals surface area contributed by atoms with E-state index in [0.717, 1.165) is 16.5 Å². The van der Waals surface area contributed by atoms with Gasteiger partial charge in [-0.1, -0.05) is 29.5 Å². The van der Waals surface area contributed by atoms with Gasteiger partial charge in [0.1, 0.15) is 10.8 Å². The lowest BCUT2D eigenvalue weighted by Gasteiger charge is -2.14. The van der Waals surface area contributed by atoms with E-state index in [4.69, 9.17) is 0 Å². The van der Waals surface area contributed by atoms with Crippen LogP contribution in [0.5, 0.6) is 0 Å². The molecule has 3 aromatic rings. The molecule has 0 fully saturated rings. The molecule has 0 atom stereocenters. The molecule has 0 aliphatic carbocycles. The van der Waals surface area contributed by atoms with Gasteiger partial charge in [-0.3, -0.25) is 9.69 Å². The lowest BCUT2D eigenvalue weighted by Crippen LogP contribution is -2.19. The number of imidazole rings is 1. The maximum Gasteiger partial charge on any atom is 0.286 e. The van der Waals surface area contributed by atoms with Crippen molar-refractivity contribution in [3.63, 3.8) is 0 Å². The number of carbonyl (C=O) groups is 1. The molecule has 0 unspecified atom stereocenters. The molecule has 1 aromatic carbocycles. The van der Waals surface area contributed by atoms with E-state index in [2.05, 4.69) is 25.4 Å². The minimum atomic E-state index is -0.239. The van der Waals surface area contributed by atoms with E-state index in [1.807, 2.05) is 55.2 Å². The van der Waals surface area contributed by atoms with Crippen molar-refractivity contribution < 1.29 is 4.79 Å². The number of nitrogens with one attached hydrogen (secondary N) is 1. The predicted molar refractivity (Wildman–Crippen MR) is 92.7 cm³/mol. The third-order valence-corrected chi connectivity index (χ3v) is 4.34. The molecule has 0 radical (unpaired) electrons. The van der Waals surface area contributed by atoms with Crippen molar-refractivity contribution in [2.24, 2.45) is 7.05 Å². The topological polar surface area (TPSA) is 75.9 Å². The van der Waals surface area contributed by atoms with Crippen LogP contribution in [0, 0.1) is 0 Å². The van der Waals surface area contributed by atoms with Gasteiger partial charge in [0.05, 0.1) is 13.1 Å². The zero-order chi connectivity index (χ0) is 16.9. The summed E-state index contributed by atoms with van der Waals surface area (Å²) in [6.07, 6.45) is 3.69. The highest BCUT2D eigenvalue weighted by Crippen LogP contribution is 2.15. The number of hydrogen-bond donors (Lipinski definition) is 1. The van der Waals surface area contributed by atoms with Crippen LogP contribution in [0.2, 0.25) is 0 Å². The highest BCUT2D eigenvalue weighted by atomic mass is 32.1. The van der Waals surface area contributed by atoms with Crippen LogP contribution in [0.15, 0.2) is 42.7 Å². The Hall–Kier alpha value is -2.58. The molecule has 0 spiro atoms. The molecule has 0 bridgehead atoms. The van der Waals surface area contributed by atoms with Gasteiger partial charge >= 0.3 is 0 Å². The van der Waals surface area contributed by atoms with Gasteiger partial charge in [0, 0.05) is 25.1 Å². The van der Waals surface area contributed by atoms with E-state index in [1.54, 1.807) is 6.20 Å². The second-order valence-electron chi connectivity index (χ2n) is 5.45. The summed E-state index contributed by atoms with van der Waals surface area (Å²) >= 11 is 1.30. The first-order valence-electron chi connectivity index (χ1n) is 7.45. The van der Waals surface area contributed by atoms with Gasteiger partial charge in [0.25, 0.3) is 5.91 Å². The summed E-state index contributed by atoms with van der Waals surface area (Å²) in [5, 5.41) is 12.1. The van der Waals surface area contributed by atoms with Crippen molar-refractivity contribution in [2.45, 2.75) is 13.1 Å². The van der Waals surface area contributed by atoms with E-state index in [9.17, 15) is 4.79 Å². The molecular weight excluding hydrogens is 324 g/mol. The summed E-state index contributed by atoms with van der Waals surface area (Å²) in [5.41, 5.74) is 0.742. The van der Waals surface area contributed by atoms with Crippen molar-refractivity contribution in [1.29, 1.82) is 0 Å². The third-order valence-electron chi connectivity index (χ3n) is 3.43. The van der Waals surface area contributed by atoms with Gasteiger partial charge < -0.3 is 9.88 Å². The summed E-state index contributed by atoms with van der Waals surface area (Å²) in [6, 6.07) is 9.30. The van der Waals surface area contributed by atoms with Gasteiger partial charge in [0.15, 0.2) is 0 Å². The number of rotatable bonds is 6. The van der Waals surface area contributed by atoms with Crippen LogP contribution in [0.3, 0.4) is 0 Å². The highest BCUT2D eigenvalue weighted by molar-refractivity contribution is 7.13. The first-order valence-corrected chi connectivity index (χ1v) is 8.27. The molecule has 1 amide bonds. The number of amides is 1. The fourth-order valence-electron chi connectivity index (χ4n) is 2.19. The zero-order valence-corrected chi connectivity index (χ0v) is 14.3. The predicted octanol–water partition coefficient (Wildman–Crippen LogP) is 2.16. The zero-order valence-electron chi connectivity index (χ0n) is 13.5. The normalized spacial score (nSPS) is 11.0. The van der Waals surface area contributed by atoms with E-state index in [1.165, 1.54) is 11.3 Å². The lowest BCUT2D eigenvalue weighted by atomic mass is 10.3. The molecule has 0 aliphatic heterocycles. The number of nitrogens with zero attached hydrogens (tertiary/aromatic N) is 5. The van der Waals surface area contributed by atoms with Gasteiger partial charge in [-0.05, 0) is 19.2 Å². The number of aryl methyl sites for hydroxylation is 1. The molecule has 24 heavy (non-hydrogen) atoms. The summed E-state index contributed by atoms with van der Waals surface area (Å²) in [4.78, 5) is 18.6. The molecule has 0 saturated carbocycles. The smallest absolute Gasteiger partial charge is 0.286 e. The van der Waals surface area contributed by atoms with Crippen LogP contribution in [0.4, 0.5) is 5.69 Å². The second kappa shape index (κ2) is 7.33. The Morgan fingerprint density at radius 3 is 2.75 bits per heavy atom. The molecule has 0 aliphatic rings. The van der Waals surface area contributed by atoms with Gasteiger partial charge in [-0.2, -0.15) is 0 Å². The number of benzene rings is 1. The number of hydrogen-bond acceptors (Lipinski definition) is 6. The molecule has 2 aromatic heterocycles. The minimum Gasteiger partial charge on any atom is -0.337 e. The van der Waals surface area contributed by atoms with Gasteiger partial charge in [-0.25, -0.2) is 4.98 Å². The van der Waals surface area contributed by atoms with Gasteiger partial charge in [0.2, 0.25) is 5.01 Å². The van der Waals surface area contributed by atoms with Crippen molar-refractivity contribution in [3.8, 4) is 0 Å². The van der Waals surface area contributed by atoms with Crippen LogP contribution in [0.1, 0.15) is 20.6 Å². The van der Waals surface area contributed by atoms with Crippen molar-refractivity contribution in [2.75, 3.05) is 12.4 Å². The van der Waals surface area contributed by atoms with Crippen LogP contribution in [-0.4, -0.2) is 37.6 Å². The number of carbonyl (C=O) groups excluding carboxylic acids is 1. The molecule has 2 heterocycles. The summed E-state index contributed by atoms with van der Waals surface area (Å²) < 4.78 is 1.98. The largest absolute Gasteiger partial charge is 0.337 e. The minimum absolute atomic E-state index is 0.239. The maximum atomic E-state index is 12.2. The number of para-hydroxylation sites is 1. The molecule has 0 saturated heterocycles. The standard InChI is InChI=1S/C16H18N6OS/c1-21(10-13-17-8-9-22(13)2)11-14-19-20-16(24-14)15(23)18-12-6-4-3-5-7-12/h3-9H,10-11H2,1-2H3,(H,18,23). The fraction of sp³-hybridized carbons (Fsp3) is 0.250. The van der Waals surface area contributed by atoms with E-state index < -0.39 is 0 Å². The Labute approximate surface area is 144 Å². The first-order chi connectivity index (χ1) is 11.6. The molecule has 124 valence electrons. The third kappa shape index (κ3) is 4.03. The van der Waals surface area contributed by atoms with Crippen molar-refractivity contribution in [1.82, 2.24) is 24.6 Å². The highest BCUT2D eigenvalue weighted by Gasteiger charge is 2.14. The molecule has 3 rings (SSSR count). The van der Waals surface area contributed by atoms with Crippen molar-refractivity contribution in [3.05, 3.63) is 58.6 Å². The van der Waals surface area contributed by atoms with E-state index >= 15 is 0 Å². The number of anilines is 1. The van der Waals surface area contributed by atoms with Crippen molar-refractivity contribution >= 4 is 22.9 Å². The molecule has 7 nitrogen and oxygen atoms in total. The lowest BCUT2D eigenvalue weighted by molar-refractivity contribution is 0.102. The average molecular weight is 342 g/mol. The maximum absolute atomic E-state index is 12.2. The Balaban J connectivity index is 1.59. The Morgan fingerprint density at radius 2 is 2.04 bits per heavy atom. The first kappa shape index (κ1) is 16.3. The van der Waals surface area contributed by atoms with E-state index in [-0.39, 0.29) is 5.91 Å². The average Bonchev–Trinajstić information content (AvgIpc) is 3.18. The monoisotopic (exact) mass is 342 g/mol. The fourth-order valence-corrected chi connectivity index (χ4v) is 3.01. The Morgan fingerprint density at radius 1 is 1.25 bits per heavy atom. The quantitative estimate of drug-likeness (QED) is 0.743. The van der Waals surface area contributed by atoms with Crippen LogP contribution in [-0.2, 0) is 20.1 Å². The SMILES string of the molecule is CN(Cc1nnc(C(=O)Nc2ccccc2)s1)Cc1nccn1C.